The van der Waals surface area contributed by atoms with Crippen molar-refractivity contribution in [3.63, 3.8) is 0 Å². The van der Waals surface area contributed by atoms with Gasteiger partial charge in [0.25, 0.3) is 5.91 Å². The van der Waals surface area contributed by atoms with Gasteiger partial charge in [0.1, 0.15) is 0 Å². The zero-order valence-corrected chi connectivity index (χ0v) is 16.4. The van der Waals surface area contributed by atoms with Crippen molar-refractivity contribution in [2.24, 2.45) is 5.14 Å². The smallest absolute Gasteiger partial charge is 0.306 e. The third-order valence-corrected chi connectivity index (χ3v) is 5.26. The Morgan fingerprint density at radius 2 is 1.79 bits per heavy atom. The van der Waals surface area contributed by atoms with Crippen LogP contribution in [0.2, 0.25) is 0 Å². The fourth-order valence-corrected chi connectivity index (χ4v) is 3.42. The fourth-order valence-electron chi connectivity index (χ4n) is 2.90. The molecule has 0 saturated heterocycles. The van der Waals surface area contributed by atoms with E-state index in [1.807, 2.05) is 30.5 Å². The summed E-state index contributed by atoms with van der Waals surface area (Å²) in [6.45, 7) is -0.414. The van der Waals surface area contributed by atoms with Gasteiger partial charge in [-0.1, -0.05) is 18.2 Å². The van der Waals surface area contributed by atoms with Gasteiger partial charge in [-0.2, -0.15) is 0 Å². The van der Waals surface area contributed by atoms with Gasteiger partial charge in [-0.15, -0.1) is 0 Å². The maximum Gasteiger partial charge on any atom is 0.306 e. The third-order valence-electron chi connectivity index (χ3n) is 4.33. The zero-order chi connectivity index (χ0) is 20.9. The summed E-state index contributed by atoms with van der Waals surface area (Å²) in [5.74, 6) is -0.970. The first-order valence-corrected chi connectivity index (χ1v) is 10.5. The minimum Gasteiger partial charge on any atom is -0.456 e. The number of hydrogen-bond donors (Lipinski definition) is 3. The number of benzene rings is 2. The Labute approximate surface area is 168 Å². The predicted octanol–water partition coefficient (Wildman–Crippen LogP) is 2.32. The molecular weight excluding hydrogens is 394 g/mol. The summed E-state index contributed by atoms with van der Waals surface area (Å²) in [4.78, 5) is 26.9. The molecule has 1 amide bonds. The topological polar surface area (TPSA) is 131 Å². The molecule has 29 heavy (non-hydrogen) atoms. The van der Waals surface area contributed by atoms with E-state index in [2.05, 4.69) is 10.3 Å². The molecule has 0 aliphatic heterocycles. The lowest BCUT2D eigenvalue weighted by molar-refractivity contribution is -0.147. The molecule has 0 unspecified atom stereocenters. The number of para-hydroxylation sites is 1. The standard InChI is InChI=1S/C20H21N3O5S/c21-29(26,27)16-10-8-15(9-11-16)23-19(24)13-28-20(25)7-3-4-14-12-22-18-6-2-1-5-17(14)18/h1-2,5-6,8-12,22H,3-4,7,13H2,(H,23,24)(H2,21,26,27). The van der Waals surface area contributed by atoms with Crippen LogP contribution in [0.3, 0.4) is 0 Å². The SMILES string of the molecule is NS(=O)(=O)c1ccc(NC(=O)COC(=O)CCCc2c[nH]c3ccccc23)cc1. The molecule has 0 spiro atoms. The molecular formula is C20H21N3O5S. The Bertz CT molecular complexity index is 1120. The number of nitrogens with two attached hydrogens (primary N) is 1. The Balaban J connectivity index is 1.40. The Morgan fingerprint density at radius 3 is 2.52 bits per heavy atom. The maximum atomic E-state index is 11.9. The average Bonchev–Trinajstić information content (AvgIpc) is 3.09. The van der Waals surface area contributed by atoms with Crippen molar-refractivity contribution >= 4 is 38.5 Å². The minimum absolute atomic E-state index is 0.0582. The fraction of sp³-hybridized carbons (Fsp3) is 0.200. The molecule has 1 heterocycles. The van der Waals surface area contributed by atoms with Crippen LogP contribution in [0.15, 0.2) is 59.6 Å². The number of aromatic nitrogens is 1. The van der Waals surface area contributed by atoms with E-state index in [4.69, 9.17) is 9.88 Å². The number of fused-ring (bicyclic) bond motifs is 1. The number of carbonyl (C=O) groups is 2. The number of nitrogens with one attached hydrogen (secondary N) is 2. The molecule has 0 aliphatic rings. The molecule has 0 radical (unpaired) electrons. The van der Waals surface area contributed by atoms with Crippen LogP contribution in [0.1, 0.15) is 18.4 Å². The quantitative estimate of drug-likeness (QED) is 0.486. The number of aromatic amines is 1. The van der Waals surface area contributed by atoms with Crippen LogP contribution >= 0.6 is 0 Å². The predicted molar refractivity (Wildman–Crippen MR) is 109 cm³/mol. The number of anilines is 1. The molecule has 4 N–H and O–H groups in total. The van der Waals surface area contributed by atoms with Gasteiger partial charge in [0.2, 0.25) is 10.0 Å². The second kappa shape index (κ2) is 8.89. The van der Waals surface area contributed by atoms with Crippen molar-refractivity contribution in [1.82, 2.24) is 4.98 Å². The van der Waals surface area contributed by atoms with E-state index in [0.717, 1.165) is 22.9 Å². The van der Waals surface area contributed by atoms with Crippen molar-refractivity contribution < 1.29 is 22.7 Å². The Kier molecular flexibility index (Phi) is 6.30. The van der Waals surface area contributed by atoms with Crippen LogP contribution in [0.4, 0.5) is 5.69 Å². The molecule has 9 heteroatoms. The van der Waals surface area contributed by atoms with Crippen molar-refractivity contribution in [3.05, 3.63) is 60.3 Å². The van der Waals surface area contributed by atoms with E-state index in [1.165, 1.54) is 24.3 Å². The molecule has 0 bridgehead atoms. The molecule has 2 aromatic carbocycles. The van der Waals surface area contributed by atoms with E-state index < -0.39 is 28.5 Å². The first-order chi connectivity index (χ1) is 13.8. The van der Waals surface area contributed by atoms with Crippen molar-refractivity contribution in [3.8, 4) is 0 Å². The molecule has 0 fully saturated rings. The molecule has 3 rings (SSSR count). The second-order valence-corrected chi connectivity index (χ2v) is 8.05. The normalized spacial score (nSPS) is 11.3. The molecule has 152 valence electrons. The first kappa shape index (κ1) is 20.6. The summed E-state index contributed by atoms with van der Waals surface area (Å²) in [5, 5.41) is 8.66. The molecule has 0 saturated carbocycles. The summed E-state index contributed by atoms with van der Waals surface area (Å²) in [7, 11) is -3.79. The number of esters is 1. The van der Waals surface area contributed by atoms with Crippen LogP contribution in [-0.2, 0) is 30.8 Å². The van der Waals surface area contributed by atoms with Gasteiger partial charge in [0.05, 0.1) is 4.90 Å². The van der Waals surface area contributed by atoms with E-state index in [-0.39, 0.29) is 11.3 Å². The molecule has 3 aromatic rings. The monoisotopic (exact) mass is 415 g/mol. The highest BCUT2D eigenvalue weighted by Crippen LogP contribution is 2.19. The number of sulfonamides is 1. The lowest BCUT2D eigenvalue weighted by atomic mass is 10.1. The van der Waals surface area contributed by atoms with E-state index in [0.29, 0.717) is 12.1 Å². The zero-order valence-electron chi connectivity index (χ0n) is 15.6. The number of primary sulfonamides is 1. The number of hydrogen-bond acceptors (Lipinski definition) is 5. The lowest BCUT2D eigenvalue weighted by Gasteiger charge is -2.07. The number of carbonyl (C=O) groups excluding carboxylic acids is 2. The van der Waals surface area contributed by atoms with Gasteiger partial charge in [-0.3, -0.25) is 9.59 Å². The van der Waals surface area contributed by atoms with Gasteiger partial charge in [0.15, 0.2) is 6.61 Å². The highest BCUT2D eigenvalue weighted by molar-refractivity contribution is 7.89. The van der Waals surface area contributed by atoms with Crippen LogP contribution in [0, 0.1) is 0 Å². The Hall–Kier alpha value is -3.17. The molecule has 0 atom stereocenters. The number of H-pyrrole nitrogens is 1. The summed E-state index contributed by atoms with van der Waals surface area (Å²) in [5.41, 5.74) is 2.56. The summed E-state index contributed by atoms with van der Waals surface area (Å²) < 4.78 is 27.4. The Morgan fingerprint density at radius 1 is 1.07 bits per heavy atom. The van der Waals surface area contributed by atoms with E-state index >= 15 is 0 Å². The summed E-state index contributed by atoms with van der Waals surface area (Å²) >= 11 is 0. The van der Waals surface area contributed by atoms with E-state index in [1.54, 1.807) is 0 Å². The van der Waals surface area contributed by atoms with Crippen molar-refractivity contribution in [1.29, 1.82) is 0 Å². The second-order valence-electron chi connectivity index (χ2n) is 6.49. The highest BCUT2D eigenvalue weighted by Gasteiger charge is 2.11. The van der Waals surface area contributed by atoms with Gasteiger partial charge in [0, 0.05) is 29.2 Å². The lowest BCUT2D eigenvalue weighted by Crippen LogP contribution is -2.21. The van der Waals surface area contributed by atoms with E-state index in [9.17, 15) is 18.0 Å². The molecule has 1 aromatic heterocycles. The number of amides is 1. The number of aryl methyl sites for hydroxylation is 1. The van der Waals surface area contributed by atoms with Gasteiger partial charge in [-0.25, -0.2) is 13.6 Å². The van der Waals surface area contributed by atoms with Crippen molar-refractivity contribution in [2.45, 2.75) is 24.2 Å². The van der Waals surface area contributed by atoms with Gasteiger partial charge < -0.3 is 15.0 Å². The number of rotatable bonds is 8. The third kappa shape index (κ3) is 5.66. The maximum absolute atomic E-state index is 11.9. The average molecular weight is 415 g/mol. The first-order valence-electron chi connectivity index (χ1n) is 8.96. The largest absolute Gasteiger partial charge is 0.456 e. The molecule has 0 aliphatic carbocycles. The molecule has 8 nitrogen and oxygen atoms in total. The number of ether oxygens (including phenoxy) is 1. The van der Waals surface area contributed by atoms with Gasteiger partial charge >= 0.3 is 5.97 Å². The van der Waals surface area contributed by atoms with Crippen LogP contribution in [-0.4, -0.2) is 31.9 Å². The van der Waals surface area contributed by atoms with Crippen LogP contribution in [0.25, 0.3) is 10.9 Å². The summed E-state index contributed by atoms with van der Waals surface area (Å²) in [6, 6.07) is 13.3. The highest BCUT2D eigenvalue weighted by atomic mass is 32.2. The van der Waals surface area contributed by atoms with Crippen LogP contribution < -0.4 is 10.5 Å². The minimum atomic E-state index is -3.79. The van der Waals surface area contributed by atoms with Crippen molar-refractivity contribution in [2.75, 3.05) is 11.9 Å². The summed E-state index contributed by atoms with van der Waals surface area (Å²) in [6.07, 6.45) is 3.47. The van der Waals surface area contributed by atoms with Crippen LogP contribution in [0.5, 0.6) is 0 Å². The van der Waals surface area contributed by atoms with Gasteiger partial charge in [-0.05, 0) is 48.7 Å².